The van der Waals surface area contributed by atoms with E-state index in [9.17, 15) is 4.79 Å². The standard InChI is InChI=1S/C14H15NO2S/c1-3-10-5-7-11(8-6-10)13-12(9-18-15-13)14(16)17-4-2/h5-9H,3-4H2,1-2H3. The van der Waals surface area contributed by atoms with Crippen LogP contribution in [0.2, 0.25) is 0 Å². The third-order valence-electron chi connectivity index (χ3n) is 2.70. The quantitative estimate of drug-likeness (QED) is 0.790. The van der Waals surface area contributed by atoms with Gasteiger partial charge in [0.1, 0.15) is 0 Å². The van der Waals surface area contributed by atoms with Crippen LogP contribution in [-0.2, 0) is 11.2 Å². The van der Waals surface area contributed by atoms with Gasteiger partial charge in [-0.15, -0.1) is 0 Å². The molecule has 1 aromatic carbocycles. The van der Waals surface area contributed by atoms with Crippen molar-refractivity contribution < 1.29 is 9.53 Å². The van der Waals surface area contributed by atoms with E-state index in [2.05, 4.69) is 23.4 Å². The van der Waals surface area contributed by atoms with Crippen molar-refractivity contribution in [1.29, 1.82) is 0 Å². The van der Waals surface area contributed by atoms with Crippen LogP contribution >= 0.6 is 11.5 Å². The Labute approximate surface area is 111 Å². The molecule has 0 fully saturated rings. The molecule has 0 aliphatic rings. The van der Waals surface area contributed by atoms with Gasteiger partial charge in [-0.2, -0.15) is 4.37 Å². The molecule has 0 amide bonds. The van der Waals surface area contributed by atoms with Gasteiger partial charge in [0.05, 0.1) is 17.9 Å². The highest BCUT2D eigenvalue weighted by atomic mass is 32.1. The number of nitrogens with zero attached hydrogens (tertiary/aromatic N) is 1. The first kappa shape index (κ1) is 12.8. The van der Waals surface area contributed by atoms with Crippen molar-refractivity contribution in [3.63, 3.8) is 0 Å². The van der Waals surface area contributed by atoms with Crippen LogP contribution in [0.1, 0.15) is 29.8 Å². The van der Waals surface area contributed by atoms with Gasteiger partial charge in [-0.3, -0.25) is 0 Å². The lowest BCUT2D eigenvalue weighted by molar-refractivity contribution is 0.0527. The van der Waals surface area contributed by atoms with E-state index in [0.29, 0.717) is 17.9 Å². The smallest absolute Gasteiger partial charge is 0.341 e. The van der Waals surface area contributed by atoms with Crippen LogP contribution in [0, 0.1) is 0 Å². The molecule has 0 saturated heterocycles. The summed E-state index contributed by atoms with van der Waals surface area (Å²) in [4.78, 5) is 11.8. The van der Waals surface area contributed by atoms with Crippen LogP contribution in [0.3, 0.4) is 0 Å². The zero-order chi connectivity index (χ0) is 13.0. The zero-order valence-corrected chi connectivity index (χ0v) is 11.3. The summed E-state index contributed by atoms with van der Waals surface area (Å²) in [6.45, 7) is 4.29. The van der Waals surface area contributed by atoms with Crippen molar-refractivity contribution in [1.82, 2.24) is 4.37 Å². The van der Waals surface area contributed by atoms with Gasteiger partial charge in [-0.1, -0.05) is 31.2 Å². The largest absolute Gasteiger partial charge is 0.462 e. The third kappa shape index (κ3) is 2.59. The molecular formula is C14H15NO2S. The molecule has 2 rings (SSSR count). The minimum Gasteiger partial charge on any atom is -0.462 e. The molecule has 94 valence electrons. The molecule has 0 atom stereocenters. The second-order valence-corrected chi connectivity index (χ2v) is 4.48. The average molecular weight is 261 g/mol. The number of aryl methyl sites for hydroxylation is 1. The highest BCUT2D eigenvalue weighted by Gasteiger charge is 2.16. The number of aromatic nitrogens is 1. The first-order chi connectivity index (χ1) is 8.76. The molecule has 0 aliphatic heterocycles. The maximum atomic E-state index is 11.8. The number of hydrogen-bond donors (Lipinski definition) is 0. The van der Waals surface area contributed by atoms with Crippen molar-refractivity contribution in [2.24, 2.45) is 0 Å². The summed E-state index contributed by atoms with van der Waals surface area (Å²) >= 11 is 1.27. The normalized spacial score (nSPS) is 10.3. The highest BCUT2D eigenvalue weighted by Crippen LogP contribution is 2.25. The van der Waals surface area contributed by atoms with Crippen LogP contribution in [0.5, 0.6) is 0 Å². The number of hydrogen-bond acceptors (Lipinski definition) is 4. The predicted octanol–water partition coefficient (Wildman–Crippen LogP) is 3.55. The Balaban J connectivity index is 2.32. The highest BCUT2D eigenvalue weighted by molar-refractivity contribution is 7.04. The van der Waals surface area contributed by atoms with E-state index in [0.717, 1.165) is 12.0 Å². The van der Waals surface area contributed by atoms with Crippen LogP contribution < -0.4 is 0 Å². The summed E-state index contributed by atoms with van der Waals surface area (Å²) < 4.78 is 9.31. The van der Waals surface area contributed by atoms with Crippen molar-refractivity contribution in [3.05, 3.63) is 40.8 Å². The first-order valence-corrected chi connectivity index (χ1v) is 6.80. The van der Waals surface area contributed by atoms with Crippen molar-refractivity contribution in [2.75, 3.05) is 6.61 Å². The van der Waals surface area contributed by atoms with E-state index >= 15 is 0 Å². The second-order valence-electron chi connectivity index (χ2n) is 3.85. The van der Waals surface area contributed by atoms with Gasteiger partial charge in [0.2, 0.25) is 0 Å². The Kier molecular flexibility index (Phi) is 4.10. The Hall–Kier alpha value is -1.68. The minimum atomic E-state index is -0.305. The fourth-order valence-electron chi connectivity index (χ4n) is 1.70. The van der Waals surface area contributed by atoms with Crippen molar-refractivity contribution in [2.45, 2.75) is 20.3 Å². The molecular weight excluding hydrogens is 246 g/mol. The fourth-order valence-corrected chi connectivity index (χ4v) is 2.37. The molecule has 0 bridgehead atoms. The second kappa shape index (κ2) is 5.78. The monoisotopic (exact) mass is 261 g/mol. The number of ether oxygens (including phenoxy) is 1. The molecule has 0 saturated carbocycles. The summed E-state index contributed by atoms with van der Waals surface area (Å²) in [5.74, 6) is -0.305. The topological polar surface area (TPSA) is 39.2 Å². The molecule has 0 N–H and O–H groups in total. The van der Waals surface area contributed by atoms with Crippen LogP contribution in [-0.4, -0.2) is 16.9 Å². The summed E-state index contributed by atoms with van der Waals surface area (Å²) in [5, 5.41) is 1.74. The van der Waals surface area contributed by atoms with E-state index in [1.807, 2.05) is 12.1 Å². The molecule has 0 radical (unpaired) electrons. The van der Waals surface area contributed by atoms with Crippen LogP contribution in [0.15, 0.2) is 29.6 Å². The number of carbonyl (C=O) groups is 1. The van der Waals surface area contributed by atoms with E-state index in [1.54, 1.807) is 12.3 Å². The van der Waals surface area contributed by atoms with Gasteiger partial charge < -0.3 is 4.74 Å². The van der Waals surface area contributed by atoms with E-state index < -0.39 is 0 Å². The molecule has 0 unspecified atom stereocenters. The van der Waals surface area contributed by atoms with E-state index in [-0.39, 0.29) is 5.97 Å². The lowest BCUT2D eigenvalue weighted by atomic mass is 10.1. The van der Waals surface area contributed by atoms with E-state index in [4.69, 9.17) is 4.74 Å². The Morgan fingerprint density at radius 1 is 1.28 bits per heavy atom. The molecule has 1 heterocycles. The van der Waals surface area contributed by atoms with Crippen LogP contribution in [0.25, 0.3) is 11.3 Å². The number of benzene rings is 1. The third-order valence-corrected chi connectivity index (χ3v) is 3.33. The molecule has 4 heteroatoms. The van der Waals surface area contributed by atoms with Gasteiger partial charge >= 0.3 is 5.97 Å². The van der Waals surface area contributed by atoms with Crippen molar-refractivity contribution >= 4 is 17.5 Å². The molecule has 0 spiro atoms. The van der Waals surface area contributed by atoms with Gasteiger partial charge in [0, 0.05) is 10.9 Å². The number of carbonyl (C=O) groups excluding carboxylic acids is 1. The van der Waals surface area contributed by atoms with Gasteiger partial charge in [0.25, 0.3) is 0 Å². The van der Waals surface area contributed by atoms with E-state index in [1.165, 1.54) is 17.1 Å². The number of rotatable bonds is 4. The molecule has 1 aromatic heterocycles. The van der Waals surface area contributed by atoms with Gasteiger partial charge in [-0.25, -0.2) is 4.79 Å². The molecule has 2 aromatic rings. The lowest BCUT2D eigenvalue weighted by Crippen LogP contribution is -2.04. The molecule has 18 heavy (non-hydrogen) atoms. The minimum absolute atomic E-state index is 0.305. The van der Waals surface area contributed by atoms with Gasteiger partial charge in [-0.05, 0) is 30.4 Å². The average Bonchev–Trinajstić information content (AvgIpc) is 2.88. The predicted molar refractivity (Wildman–Crippen MR) is 72.9 cm³/mol. The summed E-state index contributed by atoms with van der Waals surface area (Å²) in [5.41, 5.74) is 3.48. The Morgan fingerprint density at radius 3 is 2.61 bits per heavy atom. The summed E-state index contributed by atoms with van der Waals surface area (Å²) in [7, 11) is 0. The molecule has 3 nitrogen and oxygen atoms in total. The maximum Gasteiger partial charge on any atom is 0.341 e. The Bertz CT molecular complexity index is 531. The van der Waals surface area contributed by atoms with Crippen LogP contribution in [0.4, 0.5) is 0 Å². The number of esters is 1. The maximum absolute atomic E-state index is 11.8. The zero-order valence-electron chi connectivity index (χ0n) is 10.5. The fraction of sp³-hybridized carbons (Fsp3) is 0.286. The summed E-state index contributed by atoms with van der Waals surface area (Å²) in [6, 6.07) is 8.11. The lowest BCUT2D eigenvalue weighted by Gasteiger charge is -2.03. The SMILES string of the molecule is CCOC(=O)c1csnc1-c1ccc(CC)cc1. The Morgan fingerprint density at radius 2 is 2.00 bits per heavy atom. The first-order valence-electron chi connectivity index (χ1n) is 5.97. The molecule has 0 aliphatic carbocycles. The van der Waals surface area contributed by atoms with Gasteiger partial charge in [0.15, 0.2) is 0 Å². The summed E-state index contributed by atoms with van der Waals surface area (Å²) in [6.07, 6.45) is 1.00. The van der Waals surface area contributed by atoms with Crippen molar-refractivity contribution in [3.8, 4) is 11.3 Å².